The standard InChI is InChI=1S/C13H15NOS/c1-13(2,3)11-9-16-12(14-11)15-10-7-5-4-6-8-10/h4-9H,1-3H3. The molecule has 0 atom stereocenters. The Hall–Kier alpha value is -1.35. The predicted molar refractivity (Wildman–Crippen MR) is 67.3 cm³/mol. The number of para-hydroxylation sites is 1. The highest BCUT2D eigenvalue weighted by Crippen LogP contribution is 2.30. The van der Waals surface area contributed by atoms with E-state index in [0.717, 1.165) is 11.4 Å². The van der Waals surface area contributed by atoms with Crippen LogP contribution in [0.15, 0.2) is 35.7 Å². The highest BCUT2D eigenvalue weighted by molar-refractivity contribution is 7.11. The number of aromatic nitrogens is 1. The Kier molecular flexibility index (Phi) is 2.97. The van der Waals surface area contributed by atoms with Gasteiger partial charge in [-0.15, -0.1) is 0 Å². The Morgan fingerprint density at radius 2 is 1.81 bits per heavy atom. The van der Waals surface area contributed by atoms with Gasteiger partial charge in [-0.3, -0.25) is 0 Å². The molecular formula is C13H15NOS. The Balaban J connectivity index is 2.15. The fourth-order valence-corrected chi connectivity index (χ4v) is 2.15. The van der Waals surface area contributed by atoms with Crippen LogP contribution in [0.3, 0.4) is 0 Å². The maximum atomic E-state index is 5.66. The molecule has 0 N–H and O–H groups in total. The third-order valence-corrected chi connectivity index (χ3v) is 2.92. The molecule has 2 nitrogen and oxygen atoms in total. The minimum Gasteiger partial charge on any atom is -0.431 e. The van der Waals surface area contributed by atoms with Gasteiger partial charge in [0.15, 0.2) is 0 Å². The first-order valence-electron chi connectivity index (χ1n) is 5.24. The molecule has 84 valence electrons. The summed E-state index contributed by atoms with van der Waals surface area (Å²) in [6.45, 7) is 6.44. The molecule has 1 heterocycles. The van der Waals surface area contributed by atoms with E-state index in [0.29, 0.717) is 5.19 Å². The van der Waals surface area contributed by atoms with Gasteiger partial charge >= 0.3 is 0 Å². The first kappa shape index (κ1) is 11.1. The third-order valence-electron chi connectivity index (χ3n) is 2.20. The molecule has 0 amide bonds. The molecule has 0 spiro atoms. The summed E-state index contributed by atoms with van der Waals surface area (Å²) in [6, 6.07) is 9.73. The molecule has 0 saturated heterocycles. The maximum absolute atomic E-state index is 5.66. The van der Waals surface area contributed by atoms with E-state index in [1.165, 1.54) is 11.3 Å². The number of nitrogens with zero attached hydrogens (tertiary/aromatic N) is 1. The van der Waals surface area contributed by atoms with Crippen molar-refractivity contribution in [2.24, 2.45) is 0 Å². The number of thiazole rings is 1. The van der Waals surface area contributed by atoms with E-state index in [-0.39, 0.29) is 5.41 Å². The number of ether oxygens (including phenoxy) is 1. The summed E-state index contributed by atoms with van der Waals surface area (Å²) in [5.74, 6) is 0.831. The molecule has 1 aromatic heterocycles. The fraction of sp³-hybridized carbons (Fsp3) is 0.308. The van der Waals surface area contributed by atoms with Crippen molar-refractivity contribution in [2.75, 3.05) is 0 Å². The summed E-state index contributed by atoms with van der Waals surface area (Å²) >= 11 is 1.54. The third kappa shape index (κ3) is 2.61. The second-order valence-electron chi connectivity index (χ2n) is 4.66. The van der Waals surface area contributed by atoms with E-state index in [4.69, 9.17) is 4.74 Å². The van der Waals surface area contributed by atoms with Crippen LogP contribution < -0.4 is 4.74 Å². The van der Waals surface area contributed by atoms with Crippen molar-refractivity contribution in [1.29, 1.82) is 0 Å². The van der Waals surface area contributed by atoms with Crippen molar-refractivity contribution < 1.29 is 4.74 Å². The first-order valence-corrected chi connectivity index (χ1v) is 6.12. The SMILES string of the molecule is CC(C)(C)c1csc(Oc2ccccc2)n1. The summed E-state index contributed by atoms with van der Waals surface area (Å²) < 4.78 is 5.66. The van der Waals surface area contributed by atoms with Crippen molar-refractivity contribution >= 4 is 11.3 Å². The van der Waals surface area contributed by atoms with Crippen molar-refractivity contribution in [1.82, 2.24) is 4.98 Å². The zero-order valence-corrected chi connectivity index (χ0v) is 10.5. The van der Waals surface area contributed by atoms with Gasteiger partial charge in [-0.05, 0) is 12.1 Å². The minimum absolute atomic E-state index is 0.0782. The maximum Gasteiger partial charge on any atom is 0.278 e. The van der Waals surface area contributed by atoms with Gasteiger partial charge < -0.3 is 4.74 Å². The van der Waals surface area contributed by atoms with Crippen LogP contribution in [0.1, 0.15) is 26.5 Å². The molecule has 2 rings (SSSR count). The number of rotatable bonds is 2. The van der Waals surface area contributed by atoms with E-state index < -0.39 is 0 Å². The fourth-order valence-electron chi connectivity index (χ4n) is 1.24. The number of hydrogen-bond donors (Lipinski definition) is 0. The van der Waals surface area contributed by atoms with Crippen molar-refractivity contribution in [3.05, 3.63) is 41.4 Å². The number of hydrogen-bond acceptors (Lipinski definition) is 3. The van der Waals surface area contributed by atoms with Gasteiger partial charge in [-0.2, -0.15) is 0 Å². The van der Waals surface area contributed by atoms with E-state index in [1.54, 1.807) is 0 Å². The van der Waals surface area contributed by atoms with Crippen molar-refractivity contribution in [3.63, 3.8) is 0 Å². The lowest BCUT2D eigenvalue weighted by Crippen LogP contribution is -2.11. The zero-order valence-electron chi connectivity index (χ0n) is 9.73. The molecule has 3 heteroatoms. The molecule has 0 saturated carbocycles. The van der Waals surface area contributed by atoms with Crippen LogP contribution in [0.2, 0.25) is 0 Å². The van der Waals surface area contributed by atoms with Crippen LogP contribution in [0.4, 0.5) is 0 Å². The molecule has 0 aliphatic carbocycles. The van der Waals surface area contributed by atoms with Crippen LogP contribution in [0.5, 0.6) is 10.9 Å². The molecule has 16 heavy (non-hydrogen) atoms. The van der Waals surface area contributed by atoms with Gasteiger partial charge in [-0.1, -0.05) is 50.3 Å². The summed E-state index contributed by atoms with van der Waals surface area (Å²) in [4.78, 5) is 4.47. The largest absolute Gasteiger partial charge is 0.431 e. The Morgan fingerprint density at radius 3 is 2.38 bits per heavy atom. The lowest BCUT2D eigenvalue weighted by atomic mass is 9.93. The average molecular weight is 233 g/mol. The van der Waals surface area contributed by atoms with E-state index in [2.05, 4.69) is 31.1 Å². The molecule has 0 aliphatic rings. The number of benzene rings is 1. The monoisotopic (exact) mass is 233 g/mol. The topological polar surface area (TPSA) is 22.1 Å². The van der Waals surface area contributed by atoms with Gasteiger partial charge in [0.05, 0.1) is 5.69 Å². The molecule has 0 aliphatic heterocycles. The molecular weight excluding hydrogens is 218 g/mol. The van der Waals surface area contributed by atoms with Gasteiger partial charge in [0.25, 0.3) is 5.19 Å². The van der Waals surface area contributed by atoms with Crippen LogP contribution in [-0.4, -0.2) is 4.98 Å². The zero-order chi connectivity index (χ0) is 11.6. The second-order valence-corrected chi connectivity index (χ2v) is 5.48. The van der Waals surface area contributed by atoms with Gasteiger partial charge in [0.2, 0.25) is 0 Å². The minimum atomic E-state index is 0.0782. The molecule has 0 unspecified atom stereocenters. The van der Waals surface area contributed by atoms with Crippen LogP contribution in [0, 0.1) is 0 Å². The van der Waals surface area contributed by atoms with Crippen molar-refractivity contribution in [3.8, 4) is 10.9 Å². The van der Waals surface area contributed by atoms with Crippen molar-refractivity contribution in [2.45, 2.75) is 26.2 Å². The van der Waals surface area contributed by atoms with E-state index in [9.17, 15) is 0 Å². The highest BCUT2D eigenvalue weighted by atomic mass is 32.1. The van der Waals surface area contributed by atoms with Gasteiger partial charge in [0.1, 0.15) is 5.75 Å². The smallest absolute Gasteiger partial charge is 0.278 e. The lowest BCUT2D eigenvalue weighted by Gasteiger charge is -2.13. The normalized spacial score (nSPS) is 11.4. The molecule has 0 fully saturated rings. The highest BCUT2D eigenvalue weighted by Gasteiger charge is 2.17. The molecule has 0 bridgehead atoms. The Morgan fingerprint density at radius 1 is 1.12 bits per heavy atom. The van der Waals surface area contributed by atoms with Gasteiger partial charge in [0, 0.05) is 10.8 Å². The predicted octanol–water partition coefficient (Wildman–Crippen LogP) is 4.23. The first-order chi connectivity index (χ1) is 7.55. The molecule has 0 radical (unpaired) electrons. The van der Waals surface area contributed by atoms with E-state index >= 15 is 0 Å². The lowest BCUT2D eigenvalue weighted by molar-refractivity contribution is 0.469. The summed E-state index contributed by atoms with van der Waals surface area (Å²) in [5, 5.41) is 2.76. The Bertz CT molecular complexity index is 456. The van der Waals surface area contributed by atoms with Crippen LogP contribution in [-0.2, 0) is 5.41 Å². The summed E-state index contributed by atoms with van der Waals surface area (Å²) in [5.41, 5.74) is 1.15. The average Bonchev–Trinajstić information content (AvgIpc) is 2.67. The Labute approximate surface area is 99.9 Å². The van der Waals surface area contributed by atoms with Crippen LogP contribution >= 0.6 is 11.3 Å². The quantitative estimate of drug-likeness (QED) is 0.774. The second kappa shape index (κ2) is 4.26. The summed E-state index contributed by atoms with van der Waals surface area (Å²) in [7, 11) is 0. The summed E-state index contributed by atoms with van der Waals surface area (Å²) in [6.07, 6.45) is 0. The van der Waals surface area contributed by atoms with Crippen LogP contribution in [0.25, 0.3) is 0 Å². The van der Waals surface area contributed by atoms with Gasteiger partial charge in [-0.25, -0.2) is 4.98 Å². The van der Waals surface area contributed by atoms with E-state index in [1.807, 2.05) is 30.3 Å². The molecule has 2 aromatic rings. The molecule has 1 aromatic carbocycles.